The molecular formula is C25H23N3O6S. The lowest BCUT2D eigenvalue weighted by Crippen LogP contribution is -2.32. The number of carboxylic acid groups (broad SMARTS) is 1. The van der Waals surface area contributed by atoms with E-state index >= 15 is 0 Å². The number of ketones is 1. The van der Waals surface area contributed by atoms with E-state index in [2.05, 4.69) is 10.3 Å². The minimum Gasteiger partial charge on any atom is -0.491 e. The van der Waals surface area contributed by atoms with Crippen molar-refractivity contribution in [3.05, 3.63) is 63.8 Å². The number of nitrogens with zero attached hydrogens (tertiary/aromatic N) is 3. The highest BCUT2D eigenvalue weighted by Gasteiger charge is 2.24. The Morgan fingerprint density at radius 2 is 2.06 bits per heavy atom. The topological polar surface area (TPSA) is 121 Å². The summed E-state index contributed by atoms with van der Waals surface area (Å²) in [6.45, 7) is 1.32. The molecule has 1 fully saturated rings. The van der Waals surface area contributed by atoms with Crippen molar-refractivity contribution in [2.75, 3.05) is 13.2 Å². The number of thiophene rings is 1. The lowest BCUT2D eigenvalue weighted by atomic mass is 9.98. The first-order valence-electron chi connectivity index (χ1n) is 11.3. The van der Waals surface area contributed by atoms with Crippen molar-refractivity contribution >= 4 is 44.1 Å². The summed E-state index contributed by atoms with van der Waals surface area (Å²) in [5.41, 5.74) is 0.144. The summed E-state index contributed by atoms with van der Waals surface area (Å²) in [7, 11) is 0. The highest BCUT2D eigenvalue weighted by atomic mass is 32.1. The van der Waals surface area contributed by atoms with E-state index in [9.17, 15) is 19.5 Å². The van der Waals surface area contributed by atoms with Crippen molar-refractivity contribution in [2.45, 2.75) is 31.9 Å². The Labute approximate surface area is 203 Å². The molecule has 0 saturated carbocycles. The number of Topliss-reactive ketones (excluding diaryl/α,β-unsaturated/α-hetero) is 1. The van der Waals surface area contributed by atoms with Crippen LogP contribution in [0.1, 0.15) is 28.9 Å². The number of carbonyl (C=O) groups is 2. The zero-order valence-electron chi connectivity index (χ0n) is 18.8. The second-order valence-corrected chi connectivity index (χ2v) is 9.57. The lowest BCUT2D eigenvalue weighted by Gasteiger charge is -2.26. The third-order valence-corrected chi connectivity index (χ3v) is 7.23. The van der Waals surface area contributed by atoms with Crippen LogP contribution in [0.4, 0.5) is 0 Å². The molecule has 10 heteroatoms. The second-order valence-electron chi connectivity index (χ2n) is 8.49. The summed E-state index contributed by atoms with van der Waals surface area (Å²) in [6.07, 6.45) is 1.04. The van der Waals surface area contributed by atoms with E-state index in [4.69, 9.17) is 9.47 Å². The molecule has 5 rings (SSSR count). The Bertz CT molecular complexity index is 1460. The normalized spacial score (nSPS) is 16.2. The van der Waals surface area contributed by atoms with Crippen molar-refractivity contribution in [3.8, 4) is 5.75 Å². The monoisotopic (exact) mass is 493 g/mol. The summed E-state index contributed by atoms with van der Waals surface area (Å²) >= 11 is 1.31. The number of hydrogen-bond acceptors (Lipinski definition) is 8. The van der Waals surface area contributed by atoms with Gasteiger partial charge in [-0.05, 0) is 48.2 Å². The van der Waals surface area contributed by atoms with Crippen LogP contribution in [-0.4, -0.2) is 51.2 Å². The van der Waals surface area contributed by atoms with Crippen LogP contribution < -0.4 is 10.3 Å². The predicted octanol–water partition coefficient (Wildman–Crippen LogP) is 3.54. The Morgan fingerprint density at radius 1 is 1.23 bits per heavy atom. The van der Waals surface area contributed by atoms with Gasteiger partial charge < -0.3 is 14.6 Å². The van der Waals surface area contributed by atoms with Gasteiger partial charge in [0.15, 0.2) is 5.78 Å². The molecule has 1 saturated heterocycles. The van der Waals surface area contributed by atoms with Crippen LogP contribution in [-0.2, 0) is 16.1 Å². The number of aliphatic carboxylic acids is 1. The fraction of sp³-hybridized carbons (Fsp3) is 0.320. The first-order chi connectivity index (χ1) is 17.0. The average molecular weight is 494 g/mol. The van der Waals surface area contributed by atoms with Crippen LogP contribution >= 0.6 is 11.3 Å². The molecule has 2 atom stereocenters. The number of aromatic nitrogens is 3. The molecule has 1 aliphatic rings. The molecule has 0 spiro atoms. The van der Waals surface area contributed by atoms with Crippen molar-refractivity contribution in [2.24, 2.45) is 5.92 Å². The predicted molar refractivity (Wildman–Crippen MR) is 130 cm³/mol. The summed E-state index contributed by atoms with van der Waals surface area (Å²) in [4.78, 5) is 37.9. The molecule has 0 bridgehead atoms. The number of ether oxygens (including phenoxy) is 2. The van der Waals surface area contributed by atoms with E-state index in [-0.39, 0.29) is 36.8 Å². The van der Waals surface area contributed by atoms with E-state index in [0.717, 1.165) is 27.8 Å². The number of rotatable bonds is 10. The van der Waals surface area contributed by atoms with Crippen LogP contribution in [0.25, 0.3) is 21.0 Å². The highest BCUT2D eigenvalue weighted by Crippen LogP contribution is 2.31. The molecule has 0 amide bonds. The molecule has 1 N–H and O–H groups in total. The molecule has 9 nitrogen and oxygen atoms in total. The van der Waals surface area contributed by atoms with Gasteiger partial charge in [0, 0.05) is 30.7 Å². The molecule has 4 aromatic rings. The molecule has 1 aliphatic heterocycles. The van der Waals surface area contributed by atoms with E-state index in [1.807, 2.05) is 18.2 Å². The molecule has 180 valence electrons. The third-order valence-electron chi connectivity index (χ3n) is 6.10. The van der Waals surface area contributed by atoms with Gasteiger partial charge in [-0.1, -0.05) is 17.3 Å². The van der Waals surface area contributed by atoms with Crippen LogP contribution in [0.3, 0.4) is 0 Å². The van der Waals surface area contributed by atoms with Crippen molar-refractivity contribution in [3.63, 3.8) is 0 Å². The molecule has 2 aromatic heterocycles. The van der Waals surface area contributed by atoms with Crippen LogP contribution in [0.5, 0.6) is 5.75 Å². The Morgan fingerprint density at radius 3 is 2.83 bits per heavy atom. The number of benzene rings is 2. The van der Waals surface area contributed by atoms with E-state index < -0.39 is 11.9 Å². The van der Waals surface area contributed by atoms with Gasteiger partial charge in [0.2, 0.25) is 0 Å². The largest absolute Gasteiger partial charge is 0.491 e. The quantitative estimate of drug-likeness (QED) is 0.333. The number of carboxylic acids is 1. The van der Waals surface area contributed by atoms with Crippen molar-refractivity contribution in [1.82, 2.24) is 15.0 Å². The fourth-order valence-corrected chi connectivity index (χ4v) is 4.97. The first-order valence-corrected chi connectivity index (χ1v) is 12.2. The van der Waals surface area contributed by atoms with Crippen molar-refractivity contribution < 1.29 is 24.2 Å². The number of aryl methyl sites for hydroxylation is 1. The van der Waals surface area contributed by atoms with Crippen LogP contribution in [0.2, 0.25) is 0 Å². The zero-order valence-corrected chi connectivity index (χ0v) is 19.6. The molecule has 3 heterocycles. The summed E-state index contributed by atoms with van der Waals surface area (Å²) in [5, 5.41) is 18.9. The fourth-order valence-electron chi connectivity index (χ4n) is 3.93. The van der Waals surface area contributed by atoms with Gasteiger partial charge in [0.05, 0.1) is 22.3 Å². The lowest BCUT2D eigenvalue weighted by molar-refractivity contribution is -0.142. The molecule has 35 heavy (non-hydrogen) atoms. The minimum atomic E-state index is -1.09. The number of carbonyl (C=O) groups excluding carboxylic acids is 1. The maximum absolute atomic E-state index is 12.9. The highest BCUT2D eigenvalue weighted by molar-refractivity contribution is 7.20. The molecule has 2 aromatic carbocycles. The van der Waals surface area contributed by atoms with Gasteiger partial charge in [0.25, 0.3) is 5.56 Å². The minimum absolute atomic E-state index is 0.0543. The summed E-state index contributed by atoms with van der Waals surface area (Å²) in [5.74, 6) is -1.58. The van der Waals surface area contributed by atoms with Crippen molar-refractivity contribution in [1.29, 1.82) is 0 Å². The molecular weight excluding hydrogens is 470 g/mol. The number of hydrogen-bond donors (Lipinski definition) is 1. The smallest absolute Gasteiger partial charge is 0.307 e. The Balaban J connectivity index is 1.25. The molecule has 0 aliphatic carbocycles. The van der Waals surface area contributed by atoms with E-state index in [0.29, 0.717) is 28.1 Å². The zero-order chi connectivity index (χ0) is 24.4. The average Bonchev–Trinajstić information content (AvgIpc) is 3.25. The summed E-state index contributed by atoms with van der Waals surface area (Å²) in [6, 6.07) is 14.2. The van der Waals surface area contributed by atoms with Crippen LogP contribution in [0, 0.1) is 5.92 Å². The van der Waals surface area contributed by atoms with Gasteiger partial charge in [-0.2, -0.15) is 0 Å². The Hall–Kier alpha value is -3.63. The van der Waals surface area contributed by atoms with Gasteiger partial charge in [-0.25, -0.2) is 4.68 Å². The maximum atomic E-state index is 12.9. The standard InChI is InChI=1S/C25H23N3O6S/c29-21(23-12-15-5-6-17(13-22(15)35-23)34-14-18-8-10-33-18)11-16(25(31)32)7-9-28-24(30)19-3-1-2-4-20(19)26-27-28/h1-6,12-13,16,18H,7-11,14H2,(H,31,32). The third kappa shape index (κ3) is 5.08. The molecule has 0 radical (unpaired) electrons. The van der Waals surface area contributed by atoms with Crippen LogP contribution in [0.15, 0.2) is 53.3 Å². The SMILES string of the molecule is O=C(CC(CCn1nnc2ccccc2c1=O)C(=O)O)c1cc2ccc(OCC3CCO3)cc2s1. The number of fused-ring (bicyclic) bond motifs is 2. The molecule has 2 unspecified atom stereocenters. The van der Waals surface area contributed by atoms with Gasteiger partial charge in [-0.3, -0.25) is 14.4 Å². The van der Waals surface area contributed by atoms with E-state index in [1.54, 1.807) is 30.3 Å². The van der Waals surface area contributed by atoms with Gasteiger partial charge in [0.1, 0.15) is 17.9 Å². The van der Waals surface area contributed by atoms with Gasteiger partial charge in [-0.15, -0.1) is 16.4 Å². The van der Waals surface area contributed by atoms with E-state index in [1.165, 1.54) is 11.3 Å². The van der Waals surface area contributed by atoms with Gasteiger partial charge >= 0.3 is 5.97 Å². The first kappa shape index (κ1) is 23.1. The maximum Gasteiger partial charge on any atom is 0.307 e. The summed E-state index contributed by atoms with van der Waals surface area (Å²) < 4.78 is 13.2. The second kappa shape index (κ2) is 9.93. The Kier molecular flexibility index (Phi) is 6.56.